The van der Waals surface area contributed by atoms with Crippen LogP contribution in [0.5, 0.6) is 0 Å². The molecule has 0 spiro atoms. The molecule has 1 atom stereocenters. The molecule has 0 radical (unpaired) electrons. The van der Waals surface area contributed by atoms with Crippen molar-refractivity contribution in [2.45, 2.75) is 24.0 Å². The number of hydrogen-bond donors (Lipinski definition) is 1. The van der Waals surface area contributed by atoms with Crippen LogP contribution in [0.1, 0.15) is 21.9 Å². The summed E-state index contributed by atoms with van der Waals surface area (Å²) in [6, 6.07) is 25.9. The van der Waals surface area contributed by atoms with Crippen molar-refractivity contribution in [3.63, 3.8) is 0 Å². The minimum Gasteiger partial charge on any atom is -0.325 e. The molecule has 1 amide bonds. The molecule has 3 rings (SSSR count). The quantitative estimate of drug-likeness (QED) is 0.593. The van der Waals surface area contributed by atoms with Gasteiger partial charge in [0.25, 0.3) is 0 Å². The number of nitrogens with one attached hydrogen (secondary N) is 1. The van der Waals surface area contributed by atoms with E-state index < -0.39 is 0 Å². The molecule has 1 N–H and O–H groups in total. The zero-order valence-corrected chi connectivity index (χ0v) is 15.2. The number of carbonyl (C=O) groups is 1. The first kappa shape index (κ1) is 17.3. The van der Waals surface area contributed by atoms with Gasteiger partial charge in [0, 0.05) is 10.6 Å². The molecule has 0 aliphatic rings. The lowest BCUT2D eigenvalue weighted by Gasteiger charge is -2.17. The van der Waals surface area contributed by atoms with Gasteiger partial charge in [-0.25, -0.2) is 0 Å². The van der Waals surface area contributed by atoms with Crippen LogP contribution in [0, 0.1) is 13.8 Å². The lowest BCUT2D eigenvalue weighted by molar-refractivity contribution is -0.115. The third-order valence-electron chi connectivity index (χ3n) is 4.11. The summed E-state index contributed by atoms with van der Waals surface area (Å²) in [5, 5.41) is 2.77. The van der Waals surface area contributed by atoms with Crippen LogP contribution >= 0.6 is 11.8 Å². The lowest BCUT2D eigenvalue weighted by Crippen LogP contribution is -2.19. The van der Waals surface area contributed by atoms with Gasteiger partial charge in [-0.1, -0.05) is 54.6 Å². The smallest absolute Gasteiger partial charge is 0.242 e. The normalized spacial score (nSPS) is 11.8. The highest BCUT2D eigenvalue weighted by Crippen LogP contribution is 2.36. The summed E-state index contributed by atoms with van der Waals surface area (Å²) >= 11 is 1.56. The number of rotatable bonds is 5. The Morgan fingerprint density at radius 1 is 0.840 bits per heavy atom. The van der Waals surface area contributed by atoms with Gasteiger partial charge in [-0.2, -0.15) is 0 Å². The van der Waals surface area contributed by atoms with E-state index in [1.54, 1.807) is 11.8 Å². The number of hydrogen-bond acceptors (Lipinski definition) is 2. The van der Waals surface area contributed by atoms with Gasteiger partial charge in [0.2, 0.25) is 5.91 Å². The molecule has 0 aliphatic carbocycles. The van der Waals surface area contributed by atoms with Gasteiger partial charge < -0.3 is 5.32 Å². The van der Waals surface area contributed by atoms with Gasteiger partial charge in [-0.15, -0.1) is 11.8 Å². The monoisotopic (exact) mass is 347 g/mol. The molecule has 25 heavy (non-hydrogen) atoms. The SMILES string of the molecule is Cc1ccc(NC(=O)C(Sc2ccccc2)c2ccccc2)cc1C. The molecule has 0 aromatic heterocycles. The van der Waals surface area contributed by atoms with Crippen molar-refractivity contribution in [2.24, 2.45) is 0 Å². The minimum absolute atomic E-state index is 0.0108. The highest BCUT2D eigenvalue weighted by atomic mass is 32.2. The van der Waals surface area contributed by atoms with Crippen LogP contribution in [-0.2, 0) is 4.79 Å². The van der Waals surface area contributed by atoms with Crippen molar-refractivity contribution >= 4 is 23.4 Å². The number of aryl methyl sites for hydroxylation is 2. The van der Waals surface area contributed by atoms with Crippen molar-refractivity contribution in [3.05, 3.63) is 95.6 Å². The first-order valence-corrected chi connectivity index (χ1v) is 9.16. The second-order valence-electron chi connectivity index (χ2n) is 6.01. The Morgan fingerprint density at radius 2 is 1.48 bits per heavy atom. The lowest BCUT2D eigenvalue weighted by atomic mass is 10.1. The molecular formula is C22H21NOS. The Kier molecular flexibility index (Phi) is 5.56. The number of thioether (sulfide) groups is 1. The summed E-state index contributed by atoms with van der Waals surface area (Å²) in [6.45, 7) is 4.12. The van der Waals surface area contributed by atoms with Gasteiger partial charge in [-0.05, 0) is 54.8 Å². The van der Waals surface area contributed by atoms with Crippen molar-refractivity contribution in [1.29, 1.82) is 0 Å². The van der Waals surface area contributed by atoms with Crippen LogP contribution in [0.25, 0.3) is 0 Å². The summed E-state index contributed by atoms with van der Waals surface area (Å²) in [7, 11) is 0. The number of benzene rings is 3. The summed E-state index contributed by atoms with van der Waals surface area (Å²) in [5.74, 6) is -0.0108. The summed E-state index contributed by atoms with van der Waals surface area (Å²) < 4.78 is 0. The van der Waals surface area contributed by atoms with Crippen LogP contribution in [0.3, 0.4) is 0 Å². The van der Waals surface area contributed by atoms with Crippen molar-refractivity contribution in [3.8, 4) is 0 Å². The third-order valence-corrected chi connectivity index (χ3v) is 5.38. The van der Waals surface area contributed by atoms with E-state index >= 15 is 0 Å². The highest BCUT2D eigenvalue weighted by molar-refractivity contribution is 8.00. The Hall–Kier alpha value is -2.52. The number of amides is 1. The molecule has 0 saturated carbocycles. The van der Waals surface area contributed by atoms with Gasteiger partial charge in [-0.3, -0.25) is 4.79 Å². The van der Waals surface area contributed by atoms with Gasteiger partial charge in [0.1, 0.15) is 5.25 Å². The Labute approximate surface area is 153 Å². The summed E-state index contributed by atoms with van der Waals surface area (Å²) in [6.07, 6.45) is 0. The zero-order chi connectivity index (χ0) is 17.6. The minimum atomic E-state index is -0.301. The van der Waals surface area contributed by atoms with E-state index in [1.807, 2.05) is 78.9 Å². The van der Waals surface area contributed by atoms with E-state index in [0.717, 1.165) is 16.1 Å². The fourth-order valence-corrected chi connectivity index (χ4v) is 3.61. The number of anilines is 1. The molecule has 1 unspecified atom stereocenters. The van der Waals surface area contributed by atoms with Crippen molar-refractivity contribution in [2.75, 3.05) is 5.32 Å². The van der Waals surface area contributed by atoms with Crippen LogP contribution in [0.15, 0.2) is 83.8 Å². The van der Waals surface area contributed by atoms with Gasteiger partial charge >= 0.3 is 0 Å². The molecule has 0 aliphatic heterocycles. The van der Waals surface area contributed by atoms with E-state index in [4.69, 9.17) is 0 Å². The molecule has 0 saturated heterocycles. The van der Waals surface area contributed by atoms with Crippen molar-refractivity contribution in [1.82, 2.24) is 0 Å². The largest absolute Gasteiger partial charge is 0.325 e. The van der Waals surface area contributed by atoms with Crippen LogP contribution in [0.2, 0.25) is 0 Å². The van der Waals surface area contributed by atoms with Crippen LogP contribution in [0.4, 0.5) is 5.69 Å². The van der Waals surface area contributed by atoms with E-state index in [1.165, 1.54) is 11.1 Å². The predicted molar refractivity (Wildman–Crippen MR) is 106 cm³/mol. The average molecular weight is 347 g/mol. The van der Waals surface area contributed by atoms with Gasteiger partial charge in [0.15, 0.2) is 0 Å². The number of carbonyl (C=O) groups excluding carboxylic acids is 1. The van der Waals surface area contributed by atoms with E-state index in [0.29, 0.717) is 0 Å². The first-order valence-electron chi connectivity index (χ1n) is 8.28. The Morgan fingerprint density at radius 3 is 2.12 bits per heavy atom. The fraction of sp³-hybridized carbons (Fsp3) is 0.136. The Balaban J connectivity index is 1.85. The molecule has 126 valence electrons. The second kappa shape index (κ2) is 8.04. The maximum absolute atomic E-state index is 13.0. The first-order chi connectivity index (χ1) is 12.1. The molecule has 0 bridgehead atoms. The van der Waals surface area contributed by atoms with E-state index in [9.17, 15) is 4.79 Å². The van der Waals surface area contributed by atoms with Crippen LogP contribution < -0.4 is 5.32 Å². The topological polar surface area (TPSA) is 29.1 Å². The molecular weight excluding hydrogens is 326 g/mol. The Bertz CT molecular complexity index is 846. The third kappa shape index (κ3) is 4.52. The van der Waals surface area contributed by atoms with Crippen LogP contribution in [-0.4, -0.2) is 5.91 Å². The zero-order valence-electron chi connectivity index (χ0n) is 14.4. The van der Waals surface area contributed by atoms with Crippen molar-refractivity contribution < 1.29 is 4.79 Å². The summed E-state index contributed by atoms with van der Waals surface area (Å²) in [5.41, 5.74) is 4.22. The van der Waals surface area contributed by atoms with E-state index in [2.05, 4.69) is 19.2 Å². The molecule has 2 nitrogen and oxygen atoms in total. The second-order valence-corrected chi connectivity index (χ2v) is 7.19. The highest BCUT2D eigenvalue weighted by Gasteiger charge is 2.22. The molecule has 3 aromatic rings. The molecule has 0 heterocycles. The molecule has 3 aromatic carbocycles. The summed E-state index contributed by atoms with van der Waals surface area (Å²) in [4.78, 5) is 14.1. The molecule has 0 fully saturated rings. The van der Waals surface area contributed by atoms with E-state index in [-0.39, 0.29) is 11.2 Å². The standard InChI is InChI=1S/C22H21NOS/c1-16-13-14-19(15-17(16)2)23-22(24)21(18-9-5-3-6-10-18)25-20-11-7-4-8-12-20/h3-15,21H,1-2H3,(H,23,24). The predicted octanol–water partition coefficient (Wildman–Crippen LogP) is 5.78. The molecule has 3 heteroatoms. The average Bonchev–Trinajstić information content (AvgIpc) is 2.64. The maximum atomic E-state index is 13.0. The fourth-order valence-electron chi connectivity index (χ4n) is 2.56. The maximum Gasteiger partial charge on any atom is 0.242 e. The van der Waals surface area contributed by atoms with Gasteiger partial charge in [0.05, 0.1) is 0 Å².